The van der Waals surface area contributed by atoms with E-state index in [0.29, 0.717) is 18.1 Å². The molecule has 0 unspecified atom stereocenters. The fourth-order valence-corrected chi connectivity index (χ4v) is 3.08. The highest BCUT2D eigenvalue weighted by Gasteiger charge is 2.22. The van der Waals surface area contributed by atoms with Gasteiger partial charge in [-0.1, -0.05) is 6.07 Å². The van der Waals surface area contributed by atoms with Crippen molar-refractivity contribution in [3.05, 3.63) is 69.1 Å². The molecule has 0 fully saturated rings. The van der Waals surface area contributed by atoms with Crippen molar-refractivity contribution in [3.63, 3.8) is 0 Å². The molecule has 2 heterocycles. The van der Waals surface area contributed by atoms with Gasteiger partial charge in [0.25, 0.3) is 11.5 Å². The fraction of sp³-hybridized carbons (Fsp3) is 0.238. The number of rotatable bonds is 6. The Morgan fingerprint density at radius 1 is 1.25 bits per heavy atom. The molecule has 0 aliphatic heterocycles. The number of nitrogen functional groups attached to an aromatic ring is 1. The molecule has 0 saturated carbocycles. The molecular formula is C21H21F2N5O4. The van der Waals surface area contributed by atoms with Crippen molar-refractivity contribution in [2.24, 2.45) is 0 Å². The Bertz CT molecular complexity index is 1270. The van der Waals surface area contributed by atoms with Crippen molar-refractivity contribution < 1.29 is 23.6 Å². The Kier molecular flexibility index (Phi) is 6.37. The van der Waals surface area contributed by atoms with Gasteiger partial charge in [0.1, 0.15) is 17.2 Å². The molecule has 3 aromatic rings. The third-order valence-electron chi connectivity index (χ3n) is 4.90. The summed E-state index contributed by atoms with van der Waals surface area (Å²) in [6.07, 6.45) is 1.93. The van der Waals surface area contributed by atoms with Crippen LogP contribution in [0.2, 0.25) is 0 Å². The second-order valence-corrected chi connectivity index (χ2v) is 7.33. The van der Waals surface area contributed by atoms with E-state index in [1.807, 2.05) is 0 Å². The average Bonchev–Trinajstić information content (AvgIpc) is 2.75. The number of hydrogen-bond donors (Lipinski definition) is 3. The first-order valence-electron chi connectivity index (χ1n) is 9.54. The van der Waals surface area contributed by atoms with Crippen LogP contribution in [0.25, 0.3) is 11.0 Å². The molecule has 0 aliphatic carbocycles. The van der Waals surface area contributed by atoms with Crippen LogP contribution < -0.4 is 16.6 Å². The lowest BCUT2D eigenvalue weighted by atomic mass is 10.1. The number of nitrogens with two attached hydrogens (primary N) is 1. The van der Waals surface area contributed by atoms with Gasteiger partial charge in [-0.2, -0.15) is 0 Å². The average molecular weight is 445 g/mol. The highest BCUT2D eigenvalue weighted by molar-refractivity contribution is 6.05. The molecular weight excluding hydrogens is 424 g/mol. The van der Waals surface area contributed by atoms with Crippen LogP contribution in [0.5, 0.6) is 0 Å². The standard InChI is InChI=1S/C21H21F2N5O4/c1-27(2)16(29)6-3-11-7-14-18(24)17(21(31)28(32)19(14)25-9-11)20(30)26-10-12-4-5-13(22)8-15(12)23/h4-5,7-9,32H,3,6,10,24H2,1-2H3,(H,26,30). The molecule has 2 aromatic heterocycles. The number of hydrogen-bond acceptors (Lipinski definition) is 6. The maximum Gasteiger partial charge on any atom is 0.299 e. The van der Waals surface area contributed by atoms with Crippen LogP contribution in [0.15, 0.2) is 35.3 Å². The monoisotopic (exact) mass is 445 g/mol. The van der Waals surface area contributed by atoms with Gasteiger partial charge in [0.15, 0.2) is 5.65 Å². The molecule has 2 amide bonds. The number of aromatic nitrogens is 2. The minimum Gasteiger partial charge on any atom is -0.423 e. The van der Waals surface area contributed by atoms with E-state index < -0.39 is 28.7 Å². The van der Waals surface area contributed by atoms with Crippen LogP contribution in [0.4, 0.5) is 14.5 Å². The smallest absolute Gasteiger partial charge is 0.299 e. The lowest BCUT2D eigenvalue weighted by Gasteiger charge is -2.13. The summed E-state index contributed by atoms with van der Waals surface area (Å²) in [7, 11) is 3.26. The van der Waals surface area contributed by atoms with E-state index in [9.17, 15) is 28.4 Å². The number of anilines is 1. The number of nitrogens with zero attached hydrogens (tertiary/aromatic N) is 3. The maximum absolute atomic E-state index is 13.8. The number of carbonyl (C=O) groups excluding carboxylic acids is 2. The summed E-state index contributed by atoms with van der Waals surface area (Å²) in [4.78, 5) is 42.4. The van der Waals surface area contributed by atoms with E-state index in [2.05, 4.69) is 10.3 Å². The molecule has 32 heavy (non-hydrogen) atoms. The largest absolute Gasteiger partial charge is 0.423 e. The van der Waals surface area contributed by atoms with Crippen LogP contribution in [0.3, 0.4) is 0 Å². The van der Waals surface area contributed by atoms with Crippen LogP contribution >= 0.6 is 0 Å². The summed E-state index contributed by atoms with van der Waals surface area (Å²) < 4.78 is 27.0. The van der Waals surface area contributed by atoms with Gasteiger partial charge >= 0.3 is 0 Å². The van der Waals surface area contributed by atoms with Gasteiger partial charge in [0.2, 0.25) is 5.91 Å². The van der Waals surface area contributed by atoms with Crippen molar-refractivity contribution in [3.8, 4) is 0 Å². The van der Waals surface area contributed by atoms with Gasteiger partial charge in [-0.15, -0.1) is 4.73 Å². The SMILES string of the molecule is CN(C)C(=O)CCc1cnc2c(c1)c(N)c(C(=O)NCc1ccc(F)cc1F)c(=O)n2O. The zero-order valence-electron chi connectivity index (χ0n) is 17.4. The maximum atomic E-state index is 13.8. The quantitative estimate of drug-likeness (QED) is 0.492. The number of benzene rings is 1. The van der Waals surface area contributed by atoms with Gasteiger partial charge in [0, 0.05) is 50.3 Å². The van der Waals surface area contributed by atoms with Crippen molar-refractivity contribution in [1.29, 1.82) is 0 Å². The number of aryl methyl sites for hydroxylation is 1. The van der Waals surface area contributed by atoms with Crippen molar-refractivity contribution in [2.45, 2.75) is 19.4 Å². The number of carbonyl (C=O) groups is 2. The predicted octanol–water partition coefficient (Wildman–Crippen LogP) is 1.44. The van der Waals surface area contributed by atoms with E-state index in [4.69, 9.17) is 5.73 Å². The first kappa shape index (κ1) is 22.7. The fourth-order valence-electron chi connectivity index (χ4n) is 3.08. The number of halogens is 2. The van der Waals surface area contributed by atoms with Crippen molar-refractivity contribution in [1.82, 2.24) is 19.9 Å². The Morgan fingerprint density at radius 3 is 2.62 bits per heavy atom. The van der Waals surface area contributed by atoms with Gasteiger partial charge in [0.05, 0.1) is 5.69 Å². The first-order chi connectivity index (χ1) is 15.1. The van der Waals surface area contributed by atoms with Gasteiger partial charge < -0.3 is 21.2 Å². The lowest BCUT2D eigenvalue weighted by Crippen LogP contribution is -2.34. The van der Waals surface area contributed by atoms with Gasteiger partial charge in [-0.05, 0) is 24.1 Å². The molecule has 1 aromatic carbocycles. The van der Waals surface area contributed by atoms with Gasteiger partial charge in [-0.25, -0.2) is 13.8 Å². The number of amides is 2. The minimum absolute atomic E-state index is 0.00190. The molecule has 0 saturated heterocycles. The Morgan fingerprint density at radius 2 is 1.97 bits per heavy atom. The topological polar surface area (TPSA) is 131 Å². The highest BCUT2D eigenvalue weighted by atomic mass is 19.1. The summed E-state index contributed by atoms with van der Waals surface area (Å²) in [6.45, 7) is -0.335. The Labute approximate surface area is 181 Å². The molecule has 3 rings (SSSR count). The zero-order chi connectivity index (χ0) is 23.6. The third-order valence-corrected chi connectivity index (χ3v) is 4.90. The lowest BCUT2D eigenvalue weighted by molar-refractivity contribution is -0.128. The Balaban J connectivity index is 1.92. The van der Waals surface area contributed by atoms with E-state index in [-0.39, 0.29) is 45.9 Å². The highest BCUT2D eigenvalue weighted by Crippen LogP contribution is 2.22. The molecule has 0 aliphatic rings. The molecule has 0 atom stereocenters. The molecule has 9 nitrogen and oxygen atoms in total. The number of fused-ring (bicyclic) bond motifs is 1. The molecule has 0 radical (unpaired) electrons. The van der Waals surface area contributed by atoms with E-state index >= 15 is 0 Å². The summed E-state index contributed by atoms with van der Waals surface area (Å²) in [5.74, 6) is -2.68. The number of pyridine rings is 2. The molecule has 0 bridgehead atoms. The molecule has 168 valence electrons. The van der Waals surface area contributed by atoms with Crippen LogP contribution in [-0.4, -0.2) is 45.7 Å². The normalized spacial score (nSPS) is 10.9. The second-order valence-electron chi connectivity index (χ2n) is 7.33. The minimum atomic E-state index is -1.10. The summed E-state index contributed by atoms with van der Waals surface area (Å²) >= 11 is 0. The molecule has 4 N–H and O–H groups in total. The molecule has 0 spiro atoms. The van der Waals surface area contributed by atoms with Crippen LogP contribution in [0.1, 0.15) is 27.9 Å². The van der Waals surface area contributed by atoms with E-state index in [1.54, 1.807) is 14.1 Å². The summed E-state index contributed by atoms with van der Waals surface area (Å²) in [6, 6.07) is 4.39. The second kappa shape index (κ2) is 9.00. The Hall–Kier alpha value is -4.02. The van der Waals surface area contributed by atoms with E-state index in [1.165, 1.54) is 17.2 Å². The summed E-state index contributed by atoms with van der Waals surface area (Å²) in [5, 5.41) is 12.7. The van der Waals surface area contributed by atoms with Crippen molar-refractivity contribution >= 4 is 28.5 Å². The van der Waals surface area contributed by atoms with E-state index in [0.717, 1.165) is 12.1 Å². The summed E-state index contributed by atoms with van der Waals surface area (Å²) in [5.41, 5.74) is 4.63. The first-order valence-corrected chi connectivity index (χ1v) is 9.54. The predicted molar refractivity (Wildman–Crippen MR) is 112 cm³/mol. The number of nitrogens with one attached hydrogen (secondary N) is 1. The van der Waals surface area contributed by atoms with Crippen LogP contribution in [-0.2, 0) is 17.8 Å². The van der Waals surface area contributed by atoms with Crippen LogP contribution in [0, 0.1) is 11.6 Å². The molecule has 11 heteroatoms. The van der Waals surface area contributed by atoms with Crippen molar-refractivity contribution in [2.75, 3.05) is 19.8 Å². The third kappa shape index (κ3) is 4.51. The zero-order valence-corrected chi connectivity index (χ0v) is 17.4. The van der Waals surface area contributed by atoms with Gasteiger partial charge in [-0.3, -0.25) is 14.4 Å².